The number of nitrogens with zero attached hydrogens (tertiary/aromatic N) is 2. The van der Waals surface area contributed by atoms with Gasteiger partial charge in [0, 0.05) is 19.8 Å². The Morgan fingerprint density at radius 1 is 1.33 bits per heavy atom. The summed E-state index contributed by atoms with van der Waals surface area (Å²) in [5.74, 6) is -1.06. The summed E-state index contributed by atoms with van der Waals surface area (Å²) < 4.78 is 10.7. The average Bonchev–Trinajstić information content (AvgIpc) is 2.85. The van der Waals surface area contributed by atoms with Crippen molar-refractivity contribution >= 4 is 17.8 Å². The second kappa shape index (κ2) is 6.69. The molecular formula is C15H21N3O3. The standard InChI is InChI=1S/C15H21N3O3/c1-15(20-8-9-21-15)10-14(19)17-16-11-12-4-6-13(7-5-12)18(2)3/h4-7,11H,8-10H2,1-3H3,(H,17,19)/b16-11+. The summed E-state index contributed by atoms with van der Waals surface area (Å²) in [5, 5.41) is 3.94. The zero-order valence-electron chi connectivity index (χ0n) is 12.6. The van der Waals surface area contributed by atoms with Gasteiger partial charge in [-0.3, -0.25) is 4.79 Å². The summed E-state index contributed by atoms with van der Waals surface area (Å²) in [7, 11) is 3.97. The highest BCUT2D eigenvalue weighted by atomic mass is 16.7. The Hall–Kier alpha value is -1.92. The number of ether oxygens (including phenoxy) is 2. The molecule has 0 radical (unpaired) electrons. The van der Waals surface area contributed by atoms with Crippen molar-refractivity contribution in [3.8, 4) is 0 Å². The lowest BCUT2D eigenvalue weighted by molar-refractivity contribution is -0.159. The van der Waals surface area contributed by atoms with E-state index in [1.54, 1.807) is 13.1 Å². The minimum Gasteiger partial charge on any atom is -0.378 e. The van der Waals surface area contributed by atoms with Gasteiger partial charge < -0.3 is 14.4 Å². The van der Waals surface area contributed by atoms with Crippen LogP contribution in [0.15, 0.2) is 29.4 Å². The van der Waals surface area contributed by atoms with Crippen molar-refractivity contribution in [1.82, 2.24) is 5.43 Å². The van der Waals surface area contributed by atoms with E-state index in [4.69, 9.17) is 9.47 Å². The molecule has 114 valence electrons. The van der Waals surface area contributed by atoms with E-state index in [1.165, 1.54) is 0 Å². The summed E-state index contributed by atoms with van der Waals surface area (Å²) in [6, 6.07) is 7.86. The second-order valence-electron chi connectivity index (χ2n) is 5.29. The molecule has 1 heterocycles. The SMILES string of the molecule is CN(C)c1ccc(/C=N/NC(=O)CC2(C)OCCO2)cc1. The van der Waals surface area contributed by atoms with Crippen molar-refractivity contribution < 1.29 is 14.3 Å². The summed E-state index contributed by atoms with van der Waals surface area (Å²) in [5.41, 5.74) is 4.51. The van der Waals surface area contributed by atoms with Gasteiger partial charge in [-0.1, -0.05) is 12.1 Å². The minimum atomic E-state index is -0.826. The van der Waals surface area contributed by atoms with Crippen LogP contribution in [-0.2, 0) is 14.3 Å². The molecule has 1 aliphatic heterocycles. The fraction of sp³-hybridized carbons (Fsp3) is 0.467. The Balaban J connectivity index is 1.82. The Morgan fingerprint density at radius 2 is 1.95 bits per heavy atom. The van der Waals surface area contributed by atoms with Gasteiger partial charge in [-0.15, -0.1) is 0 Å². The Morgan fingerprint density at radius 3 is 2.52 bits per heavy atom. The Bertz CT molecular complexity index is 505. The molecule has 1 fully saturated rings. The van der Waals surface area contributed by atoms with E-state index in [-0.39, 0.29) is 12.3 Å². The molecule has 1 N–H and O–H groups in total. The van der Waals surface area contributed by atoms with E-state index in [0.29, 0.717) is 13.2 Å². The highest BCUT2D eigenvalue weighted by molar-refractivity contribution is 5.83. The van der Waals surface area contributed by atoms with Crippen LogP contribution < -0.4 is 10.3 Å². The molecule has 21 heavy (non-hydrogen) atoms. The third-order valence-corrected chi connectivity index (χ3v) is 3.19. The monoisotopic (exact) mass is 291 g/mol. The van der Waals surface area contributed by atoms with Gasteiger partial charge in [-0.05, 0) is 24.6 Å². The normalized spacial score (nSPS) is 17.1. The molecule has 6 nitrogen and oxygen atoms in total. The summed E-state index contributed by atoms with van der Waals surface area (Å²) in [6.07, 6.45) is 1.74. The zero-order valence-corrected chi connectivity index (χ0v) is 12.6. The van der Waals surface area contributed by atoms with Gasteiger partial charge in [-0.2, -0.15) is 5.10 Å². The van der Waals surface area contributed by atoms with E-state index >= 15 is 0 Å². The molecule has 0 spiro atoms. The Labute approximate surface area is 124 Å². The first-order valence-electron chi connectivity index (χ1n) is 6.86. The third-order valence-electron chi connectivity index (χ3n) is 3.19. The predicted molar refractivity (Wildman–Crippen MR) is 81.4 cm³/mol. The molecule has 0 atom stereocenters. The van der Waals surface area contributed by atoms with Crippen LogP contribution in [0.5, 0.6) is 0 Å². The number of hydrogen-bond donors (Lipinski definition) is 1. The molecule has 1 aromatic carbocycles. The van der Waals surface area contributed by atoms with E-state index < -0.39 is 5.79 Å². The molecular weight excluding hydrogens is 270 g/mol. The van der Waals surface area contributed by atoms with Crippen LogP contribution in [0.4, 0.5) is 5.69 Å². The van der Waals surface area contributed by atoms with Gasteiger partial charge in [0.25, 0.3) is 0 Å². The van der Waals surface area contributed by atoms with E-state index in [9.17, 15) is 4.79 Å². The zero-order chi connectivity index (χ0) is 15.3. The number of hydrazone groups is 1. The minimum absolute atomic E-state index is 0.129. The van der Waals surface area contributed by atoms with Crippen LogP contribution in [0.25, 0.3) is 0 Å². The summed E-state index contributed by atoms with van der Waals surface area (Å²) in [6.45, 7) is 2.79. The summed E-state index contributed by atoms with van der Waals surface area (Å²) >= 11 is 0. The predicted octanol–water partition coefficient (Wildman–Crippen LogP) is 1.36. The van der Waals surface area contributed by atoms with Crippen molar-refractivity contribution in [2.75, 3.05) is 32.2 Å². The number of carbonyl (C=O) groups is 1. The van der Waals surface area contributed by atoms with Gasteiger partial charge in [0.05, 0.1) is 25.8 Å². The van der Waals surface area contributed by atoms with Crippen molar-refractivity contribution in [2.24, 2.45) is 5.10 Å². The fourth-order valence-corrected chi connectivity index (χ4v) is 2.03. The number of carbonyl (C=O) groups excluding carboxylic acids is 1. The van der Waals surface area contributed by atoms with E-state index in [1.807, 2.05) is 43.3 Å². The lowest BCUT2D eigenvalue weighted by Gasteiger charge is -2.20. The molecule has 0 unspecified atom stereocenters. The molecule has 0 aromatic heterocycles. The molecule has 0 saturated carbocycles. The molecule has 1 aromatic rings. The smallest absolute Gasteiger partial charge is 0.245 e. The maximum absolute atomic E-state index is 11.7. The van der Waals surface area contributed by atoms with Crippen LogP contribution in [0.2, 0.25) is 0 Å². The first-order chi connectivity index (χ1) is 9.98. The molecule has 1 amide bonds. The molecule has 1 saturated heterocycles. The van der Waals surface area contributed by atoms with Crippen molar-refractivity contribution in [3.05, 3.63) is 29.8 Å². The first-order valence-corrected chi connectivity index (χ1v) is 6.86. The molecule has 1 aliphatic rings. The number of amides is 1. The number of benzene rings is 1. The van der Waals surface area contributed by atoms with Gasteiger partial charge in [0.15, 0.2) is 5.79 Å². The summed E-state index contributed by atoms with van der Waals surface area (Å²) in [4.78, 5) is 13.8. The molecule has 6 heteroatoms. The molecule has 2 rings (SSSR count). The Kier molecular flexibility index (Phi) is 4.93. The fourth-order valence-electron chi connectivity index (χ4n) is 2.03. The van der Waals surface area contributed by atoms with E-state index in [0.717, 1.165) is 11.3 Å². The molecule has 0 aliphatic carbocycles. The maximum Gasteiger partial charge on any atom is 0.245 e. The topological polar surface area (TPSA) is 63.2 Å². The van der Waals surface area contributed by atoms with Gasteiger partial charge >= 0.3 is 0 Å². The largest absolute Gasteiger partial charge is 0.378 e. The lowest BCUT2D eigenvalue weighted by Crippen LogP contribution is -2.33. The number of hydrogen-bond acceptors (Lipinski definition) is 5. The lowest BCUT2D eigenvalue weighted by atomic mass is 10.2. The van der Waals surface area contributed by atoms with Crippen LogP contribution in [0, 0.1) is 0 Å². The van der Waals surface area contributed by atoms with Gasteiger partial charge in [-0.25, -0.2) is 5.43 Å². The number of nitrogens with one attached hydrogen (secondary N) is 1. The van der Waals surface area contributed by atoms with Gasteiger partial charge in [0.2, 0.25) is 5.91 Å². The van der Waals surface area contributed by atoms with E-state index in [2.05, 4.69) is 10.5 Å². The highest BCUT2D eigenvalue weighted by Gasteiger charge is 2.33. The van der Waals surface area contributed by atoms with Crippen LogP contribution in [0.3, 0.4) is 0 Å². The maximum atomic E-state index is 11.7. The first kappa shape index (κ1) is 15.5. The highest BCUT2D eigenvalue weighted by Crippen LogP contribution is 2.22. The van der Waals surface area contributed by atoms with Crippen LogP contribution >= 0.6 is 0 Å². The van der Waals surface area contributed by atoms with Crippen LogP contribution in [-0.4, -0.2) is 45.2 Å². The molecule has 0 bridgehead atoms. The van der Waals surface area contributed by atoms with Gasteiger partial charge in [0.1, 0.15) is 0 Å². The van der Waals surface area contributed by atoms with Crippen molar-refractivity contribution in [3.63, 3.8) is 0 Å². The van der Waals surface area contributed by atoms with Crippen LogP contribution in [0.1, 0.15) is 18.9 Å². The van der Waals surface area contributed by atoms with Crippen molar-refractivity contribution in [1.29, 1.82) is 0 Å². The second-order valence-corrected chi connectivity index (χ2v) is 5.29. The average molecular weight is 291 g/mol. The van der Waals surface area contributed by atoms with Crippen molar-refractivity contribution in [2.45, 2.75) is 19.1 Å². The number of rotatable bonds is 5. The third kappa shape index (κ3) is 4.54. The number of anilines is 1. The quantitative estimate of drug-likeness (QED) is 0.657.